The minimum atomic E-state index is -4.60. The lowest BCUT2D eigenvalue weighted by Gasteiger charge is -2.31. The highest BCUT2D eigenvalue weighted by Crippen LogP contribution is 2.31. The van der Waals surface area contributed by atoms with Gasteiger partial charge >= 0.3 is 11.9 Å². The zero-order valence-electron chi connectivity index (χ0n) is 13.2. The van der Waals surface area contributed by atoms with E-state index in [-0.39, 0.29) is 35.3 Å². The molecule has 25 heavy (non-hydrogen) atoms. The van der Waals surface area contributed by atoms with Gasteiger partial charge in [-0.25, -0.2) is 9.59 Å². The second-order valence-electron chi connectivity index (χ2n) is 4.81. The maximum Gasteiger partial charge on any atom is 0.355 e. The highest BCUT2D eigenvalue weighted by atomic mass is 35.5. The van der Waals surface area contributed by atoms with E-state index in [1.54, 1.807) is 0 Å². The van der Waals surface area contributed by atoms with Crippen LogP contribution in [0.4, 0.5) is 5.69 Å². The molecule has 0 atom stereocenters. The van der Waals surface area contributed by atoms with Crippen LogP contribution in [0.2, 0.25) is 5.02 Å². The lowest BCUT2D eigenvalue weighted by Crippen LogP contribution is -2.38. The van der Waals surface area contributed by atoms with Gasteiger partial charge in [-0.1, -0.05) is 11.6 Å². The van der Waals surface area contributed by atoms with E-state index in [1.165, 1.54) is 17.0 Å². The molecule has 9 nitrogen and oxygen atoms in total. The van der Waals surface area contributed by atoms with E-state index >= 15 is 0 Å². The zero-order chi connectivity index (χ0) is 18.8. The number of anilines is 1. The Morgan fingerprint density at radius 3 is 2.44 bits per heavy atom. The summed E-state index contributed by atoms with van der Waals surface area (Å²) in [6.07, 6.45) is 0. The number of hydrogen-bond donors (Lipinski definition) is 1. The molecule has 11 heteroatoms. The first-order valence-electron chi connectivity index (χ1n) is 6.72. The maximum absolute atomic E-state index is 12.2. The molecular formula is C14H14ClNO8S. The summed E-state index contributed by atoms with van der Waals surface area (Å²) in [5.74, 6) is -1.64. The Bertz CT molecular complexity index is 848. The van der Waals surface area contributed by atoms with Crippen molar-refractivity contribution in [3.05, 3.63) is 34.5 Å². The first-order valence-corrected chi connectivity index (χ1v) is 8.54. The summed E-state index contributed by atoms with van der Waals surface area (Å²) in [7, 11) is -2.33. The summed E-state index contributed by atoms with van der Waals surface area (Å²) >= 11 is 5.78. The fourth-order valence-electron chi connectivity index (χ4n) is 2.20. The van der Waals surface area contributed by atoms with Crippen molar-refractivity contribution in [3.8, 4) is 0 Å². The van der Waals surface area contributed by atoms with Crippen LogP contribution in [-0.4, -0.2) is 52.5 Å². The standard InChI is InChI=1S/C14H14ClNO8S/c1-22-13(17)9-6-24-7-16(12(9)14(18)23-2)8-3-4-10(15)11(5-8)25(19,20)21/h3-5H,6-7H2,1-2H3,(H,19,20,21). The third-order valence-corrected chi connectivity index (χ3v) is 4.67. The van der Waals surface area contributed by atoms with Gasteiger partial charge in [-0.2, -0.15) is 8.42 Å². The van der Waals surface area contributed by atoms with Crippen LogP contribution in [0, 0.1) is 0 Å². The van der Waals surface area contributed by atoms with Crippen molar-refractivity contribution in [1.82, 2.24) is 0 Å². The van der Waals surface area contributed by atoms with Gasteiger partial charge in [0, 0.05) is 5.69 Å². The molecule has 1 N–H and O–H groups in total. The quantitative estimate of drug-likeness (QED) is 0.591. The molecular weight excluding hydrogens is 378 g/mol. The number of nitrogens with zero attached hydrogens (tertiary/aromatic N) is 1. The van der Waals surface area contributed by atoms with Gasteiger partial charge in [0.15, 0.2) is 0 Å². The number of carbonyl (C=O) groups is 2. The average Bonchev–Trinajstić information content (AvgIpc) is 2.59. The molecule has 1 aliphatic heterocycles. The van der Waals surface area contributed by atoms with Crippen molar-refractivity contribution >= 4 is 39.3 Å². The normalized spacial score (nSPS) is 15.1. The number of esters is 2. The topological polar surface area (TPSA) is 119 Å². The molecule has 0 aromatic heterocycles. The summed E-state index contributed by atoms with van der Waals surface area (Å²) in [6.45, 7) is -0.357. The van der Waals surface area contributed by atoms with Gasteiger partial charge in [0.25, 0.3) is 10.1 Å². The second-order valence-corrected chi connectivity index (χ2v) is 6.60. The molecule has 2 rings (SSSR count). The highest BCUT2D eigenvalue weighted by Gasteiger charge is 2.33. The van der Waals surface area contributed by atoms with E-state index in [0.29, 0.717) is 0 Å². The van der Waals surface area contributed by atoms with Gasteiger partial charge in [0.1, 0.15) is 17.3 Å². The summed E-state index contributed by atoms with van der Waals surface area (Å²) < 4.78 is 46.7. The van der Waals surface area contributed by atoms with Crippen LogP contribution in [0.5, 0.6) is 0 Å². The molecule has 0 amide bonds. The van der Waals surface area contributed by atoms with Gasteiger partial charge in [-0.15, -0.1) is 0 Å². The smallest absolute Gasteiger partial charge is 0.355 e. The van der Waals surface area contributed by atoms with E-state index < -0.39 is 27.0 Å². The Morgan fingerprint density at radius 1 is 1.24 bits per heavy atom. The van der Waals surface area contributed by atoms with Gasteiger partial charge in [-0.3, -0.25) is 4.55 Å². The number of methoxy groups -OCH3 is 2. The largest absolute Gasteiger partial charge is 0.466 e. The van der Waals surface area contributed by atoms with Gasteiger partial charge in [0.05, 0.1) is 31.4 Å². The lowest BCUT2D eigenvalue weighted by atomic mass is 10.1. The van der Waals surface area contributed by atoms with Gasteiger partial charge in [-0.05, 0) is 18.2 Å². The number of carbonyl (C=O) groups excluding carboxylic acids is 2. The summed E-state index contributed by atoms with van der Waals surface area (Å²) in [5, 5.41) is -0.207. The van der Waals surface area contributed by atoms with E-state index in [9.17, 15) is 22.6 Å². The van der Waals surface area contributed by atoms with Crippen molar-refractivity contribution in [1.29, 1.82) is 0 Å². The Morgan fingerprint density at radius 2 is 1.88 bits per heavy atom. The van der Waals surface area contributed by atoms with Crippen molar-refractivity contribution in [2.75, 3.05) is 32.5 Å². The molecule has 1 heterocycles. The number of halogens is 1. The molecule has 0 radical (unpaired) electrons. The second kappa shape index (κ2) is 7.40. The average molecular weight is 392 g/mol. The molecule has 136 valence electrons. The number of ether oxygens (including phenoxy) is 3. The van der Waals surface area contributed by atoms with E-state index in [2.05, 4.69) is 4.74 Å². The van der Waals surface area contributed by atoms with E-state index in [1.807, 2.05) is 0 Å². The molecule has 1 aromatic carbocycles. The van der Waals surface area contributed by atoms with Crippen LogP contribution >= 0.6 is 11.6 Å². The molecule has 0 fully saturated rings. The molecule has 1 aliphatic rings. The monoisotopic (exact) mass is 391 g/mol. The Balaban J connectivity index is 2.64. The van der Waals surface area contributed by atoms with Gasteiger partial charge < -0.3 is 19.1 Å². The number of hydrogen-bond acceptors (Lipinski definition) is 8. The summed E-state index contributed by atoms with van der Waals surface area (Å²) in [4.78, 5) is 24.7. The molecule has 0 saturated heterocycles. The summed E-state index contributed by atoms with van der Waals surface area (Å²) in [5.41, 5.74) is -0.119. The van der Waals surface area contributed by atoms with Crippen LogP contribution in [0.3, 0.4) is 0 Å². The molecule has 0 spiro atoms. The minimum Gasteiger partial charge on any atom is -0.466 e. The zero-order valence-corrected chi connectivity index (χ0v) is 14.8. The Kier molecular flexibility index (Phi) is 5.68. The molecule has 0 bridgehead atoms. The molecule has 0 saturated carbocycles. The minimum absolute atomic E-state index is 0.0936. The maximum atomic E-state index is 12.2. The summed E-state index contributed by atoms with van der Waals surface area (Å²) in [6, 6.07) is 3.66. The first-order chi connectivity index (χ1) is 11.7. The lowest BCUT2D eigenvalue weighted by molar-refractivity contribution is -0.140. The first kappa shape index (κ1) is 19.2. The van der Waals surface area contributed by atoms with Crippen LogP contribution < -0.4 is 4.90 Å². The SMILES string of the molecule is COC(=O)C1=C(C(=O)OC)N(c2ccc(Cl)c(S(=O)(=O)O)c2)COC1. The third-order valence-electron chi connectivity index (χ3n) is 3.34. The highest BCUT2D eigenvalue weighted by molar-refractivity contribution is 7.86. The van der Waals surface area contributed by atoms with Crippen molar-refractivity contribution in [2.45, 2.75) is 4.90 Å². The van der Waals surface area contributed by atoms with Crippen molar-refractivity contribution in [3.63, 3.8) is 0 Å². The van der Waals surface area contributed by atoms with E-state index in [4.69, 9.17) is 21.1 Å². The predicted molar refractivity (Wildman–Crippen MR) is 85.6 cm³/mol. The Labute approximate surface area is 148 Å². The van der Waals surface area contributed by atoms with Crippen LogP contribution in [0.25, 0.3) is 0 Å². The molecule has 0 aliphatic carbocycles. The van der Waals surface area contributed by atoms with E-state index in [0.717, 1.165) is 20.3 Å². The van der Waals surface area contributed by atoms with Crippen molar-refractivity contribution in [2.24, 2.45) is 0 Å². The number of rotatable bonds is 4. The third kappa shape index (κ3) is 3.93. The van der Waals surface area contributed by atoms with Crippen LogP contribution in [-0.2, 0) is 33.9 Å². The molecule has 0 unspecified atom stereocenters. The van der Waals surface area contributed by atoms with Crippen LogP contribution in [0.1, 0.15) is 0 Å². The fraction of sp³-hybridized carbons (Fsp3) is 0.286. The van der Waals surface area contributed by atoms with Crippen LogP contribution in [0.15, 0.2) is 34.4 Å². The predicted octanol–water partition coefficient (Wildman–Crippen LogP) is 0.981. The molecule has 1 aromatic rings. The Hall–Kier alpha value is -2.14. The van der Waals surface area contributed by atoms with Gasteiger partial charge in [0.2, 0.25) is 0 Å². The fourth-order valence-corrected chi connectivity index (χ4v) is 3.20. The van der Waals surface area contributed by atoms with Crippen molar-refractivity contribution < 1.29 is 36.8 Å². The number of benzene rings is 1.